The molecule has 4 aromatic rings. The second-order valence-electron chi connectivity index (χ2n) is 6.53. The van der Waals surface area contributed by atoms with Crippen molar-refractivity contribution < 1.29 is 4.79 Å². The van der Waals surface area contributed by atoms with E-state index < -0.39 is 0 Å². The number of aromatic nitrogens is 5. The number of amides is 2. The summed E-state index contributed by atoms with van der Waals surface area (Å²) in [6.45, 7) is 1.26. The topological polar surface area (TPSA) is 91.7 Å². The van der Waals surface area contributed by atoms with E-state index in [0.29, 0.717) is 13.1 Å². The average molecular weight is 359 g/mol. The number of H-pyrrole nitrogens is 1. The Morgan fingerprint density at radius 1 is 1.15 bits per heavy atom. The van der Waals surface area contributed by atoms with Gasteiger partial charge in [0.2, 0.25) is 0 Å². The van der Waals surface area contributed by atoms with Gasteiger partial charge in [-0.25, -0.2) is 14.8 Å². The van der Waals surface area contributed by atoms with E-state index in [4.69, 9.17) is 0 Å². The first-order valence-corrected chi connectivity index (χ1v) is 8.71. The van der Waals surface area contributed by atoms with Crippen LogP contribution in [0.1, 0.15) is 6.04 Å². The number of likely N-dealkylation sites (tertiary alicyclic amines) is 1. The van der Waals surface area contributed by atoms with Gasteiger partial charge in [0.05, 0.1) is 17.9 Å². The number of benzene rings is 1. The molecule has 0 radical (unpaired) electrons. The third-order valence-corrected chi connectivity index (χ3v) is 4.78. The number of fused-ring (bicyclic) bond motifs is 1. The summed E-state index contributed by atoms with van der Waals surface area (Å²) in [6.07, 6.45) is 7.18. The van der Waals surface area contributed by atoms with Crippen LogP contribution < -0.4 is 5.32 Å². The molecule has 2 amide bonds. The lowest BCUT2D eigenvalue weighted by Crippen LogP contribution is -2.52. The Morgan fingerprint density at radius 3 is 2.85 bits per heavy atom. The summed E-state index contributed by atoms with van der Waals surface area (Å²) < 4.78 is 1.90. The maximum Gasteiger partial charge on any atom is 0.321 e. The van der Waals surface area contributed by atoms with Crippen LogP contribution in [0.5, 0.6) is 0 Å². The Kier molecular flexibility index (Phi) is 3.60. The number of carbonyl (C=O) groups excluding carboxylic acids is 1. The molecule has 0 unspecified atom stereocenters. The average Bonchev–Trinajstić information content (AvgIpc) is 3.30. The number of anilines is 1. The minimum absolute atomic E-state index is 0.0883. The number of carbonyl (C=O) groups is 1. The lowest BCUT2D eigenvalue weighted by molar-refractivity contribution is 0.128. The molecule has 0 atom stereocenters. The lowest BCUT2D eigenvalue weighted by Gasteiger charge is -2.39. The molecule has 1 aromatic carbocycles. The van der Waals surface area contributed by atoms with Crippen molar-refractivity contribution >= 4 is 22.8 Å². The van der Waals surface area contributed by atoms with Gasteiger partial charge >= 0.3 is 6.03 Å². The molecule has 2 N–H and O–H groups in total. The monoisotopic (exact) mass is 359 g/mol. The normalized spacial score (nSPS) is 14.3. The van der Waals surface area contributed by atoms with Crippen LogP contribution in [0.3, 0.4) is 0 Å². The summed E-state index contributed by atoms with van der Waals surface area (Å²) in [5, 5.41) is 8.34. The van der Waals surface area contributed by atoms with Crippen molar-refractivity contribution in [2.45, 2.75) is 6.04 Å². The number of urea groups is 1. The number of aromatic amines is 1. The van der Waals surface area contributed by atoms with Crippen molar-refractivity contribution in [1.29, 1.82) is 0 Å². The fourth-order valence-electron chi connectivity index (χ4n) is 3.27. The zero-order valence-corrected chi connectivity index (χ0v) is 14.4. The maximum absolute atomic E-state index is 12.3. The largest absolute Gasteiger partial charge is 0.346 e. The van der Waals surface area contributed by atoms with E-state index in [0.717, 1.165) is 28.0 Å². The second-order valence-corrected chi connectivity index (χ2v) is 6.53. The van der Waals surface area contributed by atoms with E-state index in [2.05, 4.69) is 25.4 Å². The predicted molar refractivity (Wildman–Crippen MR) is 101 cm³/mol. The fourth-order valence-corrected chi connectivity index (χ4v) is 3.27. The highest BCUT2D eigenvalue weighted by Gasteiger charge is 2.32. The van der Waals surface area contributed by atoms with Crippen LogP contribution >= 0.6 is 0 Å². The number of nitrogens with one attached hydrogen (secondary N) is 2. The quantitative estimate of drug-likeness (QED) is 0.588. The third kappa shape index (κ3) is 2.80. The highest BCUT2D eigenvalue weighted by Crippen LogP contribution is 2.27. The highest BCUT2D eigenvalue weighted by atomic mass is 16.2. The van der Waals surface area contributed by atoms with Gasteiger partial charge in [0, 0.05) is 42.1 Å². The summed E-state index contributed by atoms with van der Waals surface area (Å²) in [7, 11) is 0. The number of para-hydroxylation sites is 1. The first-order valence-electron chi connectivity index (χ1n) is 8.71. The third-order valence-electron chi connectivity index (χ3n) is 4.78. The number of rotatable bonds is 3. The first kappa shape index (κ1) is 15.6. The molecule has 8 heteroatoms. The molecular formula is C19H17N7O. The molecule has 1 fully saturated rings. The minimum atomic E-state index is -0.0883. The Hall–Kier alpha value is -3.68. The van der Waals surface area contributed by atoms with Crippen LogP contribution in [0.4, 0.5) is 10.5 Å². The summed E-state index contributed by atoms with van der Waals surface area (Å²) in [6, 6.07) is 11.5. The minimum Gasteiger partial charge on any atom is -0.346 e. The molecule has 0 spiro atoms. The molecule has 0 bridgehead atoms. The smallest absolute Gasteiger partial charge is 0.321 e. The van der Waals surface area contributed by atoms with Gasteiger partial charge in [0.25, 0.3) is 0 Å². The summed E-state index contributed by atoms with van der Waals surface area (Å²) >= 11 is 0. The summed E-state index contributed by atoms with van der Waals surface area (Å²) in [5.41, 5.74) is 3.39. The molecule has 8 nitrogen and oxygen atoms in total. The van der Waals surface area contributed by atoms with Gasteiger partial charge in [-0.15, -0.1) is 0 Å². The molecule has 1 saturated heterocycles. The lowest BCUT2D eigenvalue weighted by atomic mass is 10.1. The van der Waals surface area contributed by atoms with Gasteiger partial charge in [0.15, 0.2) is 0 Å². The standard InChI is InChI=1S/C19H17N7O/c27-19(24-14-4-2-1-3-5-14)25-10-15(11-25)26-9-13(8-23-26)17-16-6-7-20-18(16)22-12-21-17/h1-9,12,15H,10-11H2,(H,24,27)(H,20,21,22). The molecule has 0 saturated carbocycles. The molecule has 27 heavy (non-hydrogen) atoms. The maximum atomic E-state index is 12.3. The van der Waals surface area contributed by atoms with Crippen LogP contribution in [0, 0.1) is 0 Å². The van der Waals surface area contributed by atoms with E-state index in [1.54, 1.807) is 11.2 Å². The van der Waals surface area contributed by atoms with Crippen LogP contribution in [0.15, 0.2) is 61.3 Å². The highest BCUT2D eigenvalue weighted by molar-refractivity contribution is 5.90. The SMILES string of the molecule is O=C(Nc1ccccc1)N1CC(n2cc(-c3ncnc4[nH]ccc34)cn2)C1. The van der Waals surface area contributed by atoms with Crippen LogP contribution in [-0.4, -0.2) is 48.8 Å². The summed E-state index contributed by atoms with van der Waals surface area (Å²) in [4.78, 5) is 25.8. The molecule has 5 rings (SSSR count). The number of hydrogen-bond donors (Lipinski definition) is 2. The molecule has 1 aliphatic rings. The Morgan fingerprint density at radius 2 is 2.00 bits per heavy atom. The van der Waals surface area contributed by atoms with Crippen molar-refractivity contribution in [3.8, 4) is 11.3 Å². The van der Waals surface area contributed by atoms with E-state index in [1.165, 1.54) is 0 Å². The van der Waals surface area contributed by atoms with Crippen molar-refractivity contribution in [1.82, 2.24) is 29.6 Å². The zero-order valence-electron chi connectivity index (χ0n) is 14.4. The van der Waals surface area contributed by atoms with E-state index >= 15 is 0 Å². The molecule has 1 aliphatic heterocycles. The van der Waals surface area contributed by atoms with Crippen LogP contribution in [0.2, 0.25) is 0 Å². The molecule has 3 aromatic heterocycles. The van der Waals surface area contributed by atoms with Gasteiger partial charge < -0.3 is 15.2 Å². The number of nitrogens with zero attached hydrogens (tertiary/aromatic N) is 5. The van der Waals surface area contributed by atoms with Gasteiger partial charge in [-0.05, 0) is 18.2 Å². The zero-order chi connectivity index (χ0) is 18.2. The predicted octanol–water partition coefficient (Wildman–Crippen LogP) is 2.91. The molecule has 134 valence electrons. The van der Waals surface area contributed by atoms with Gasteiger partial charge in [-0.3, -0.25) is 4.68 Å². The summed E-state index contributed by atoms with van der Waals surface area (Å²) in [5.74, 6) is 0. The Bertz CT molecular complexity index is 1100. The van der Waals surface area contributed by atoms with Crippen LogP contribution in [-0.2, 0) is 0 Å². The van der Waals surface area contributed by atoms with E-state index in [-0.39, 0.29) is 12.1 Å². The number of hydrogen-bond acceptors (Lipinski definition) is 4. The Balaban J connectivity index is 1.27. The van der Waals surface area contributed by atoms with Gasteiger partial charge in [-0.1, -0.05) is 18.2 Å². The second kappa shape index (κ2) is 6.24. The van der Waals surface area contributed by atoms with Crippen molar-refractivity contribution in [3.63, 3.8) is 0 Å². The first-order chi connectivity index (χ1) is 13.3. The molecular weight excluding hydrogens is 342 g/mol. The van der Waals surface area contributed by atoms with Crippen molar-refractivity contribution in [3.05, 3.63) is 61.3 Å². The van der Waals surface area contributed by atoms with Crippen molar-refractivity contribution in [2.24, 2.45) is 0 Å². The molecule has 4 heterocycles. The van der Waals surface area contributed by atoms with Gasteiger partial charge in [-0.2, -0.15) is 5.10 Å². The van der Waals surface area contributed by atoms with Crippen molar-refractivity contribution in [2.75, 3.05) is 18.4 Å². The van der Waals surface area contributed by atoms with E-state index in [9.17, 15) is 4.79 Å². The molecule has 0 aliphatic carbocycles. The Labute approximate surface area is 154 Å². The van der Waals surface area contributed by atoms with Gasteiger partial charge in [0.1, 0.15) is 12.0 Å². The fraction of sp³-hybridized carbons (Fsp3) is 0.158. The van der Waals surface area contributed by atoms with Crippen LogP contribution in [0.25, 0.3) is 22.3 Å². The van der Waals surface area contributed by atoms with E-state index in [1.807, 2.05) is 59.7 Å².